The third-order valence-electron chi connectivity index (χ3n) is 2.22. The van der Waals surface area contributed by atoms with Gasteiger partial charge in [0.15, 0.2) is 5.22 Å². The van der Waals surface area contributed by atoms with Gasteiger partial charge < -0.3 is 9.73 Å². The van der Waals surface area contributed by atoms with Crippen molar-refractivity contribution in [1.29, 1.82) is 0 Å². The molecule has 0 saturated heterocycles. The van der Waals surface area contributed by atoms with E-state index < -0.39 is 0 Å². The van der Waals surface area contributed by atoms with Crippen LogP contribution in [0.2, 0.25) is 5.22 Å². The molecule has 0 spiro atoms. The summed E-state index contributed by atoms with van der Waals surface area (Å²) in [4.78, 5) is 4.43. The first-order valence-corrected chi connectivity index (χ1v) is 6.30. The number of hydrogen-bond donors (Lipinski definition) is 1. The molecule has 1 N–H and O–H groups in total. The van der Waals surface area contributed by atoms with Gasteiger partial charge in [0, 0.05) is 11.1 Å². The molecule has 0 saturated carbocycles. The molecule has 3 nitrogen and oxygen atoms in total. The van der Waals surface area contributed by atoms with Gasteiger partial charge in [0.1, 0.15) is 10.8 Å². The minimum atomic E-state index is 0.225. The first-order valence-electron chi connectivity index (χ1n) is 5.05. The van der Waals surface area contributed by atoms with Crippen molar-refractivity contribution in [3.8, 4) is 0 Å². The lowest BCUT2D eigenvalue weighted by molar-refractivity contribution is 0.461. The van der Waals surface area contributed by atoms with E-state index in [-0.39, 0.29) is 6.04 Å². The smallest absolute Gasteiger partial charge is 0.193 e. The fraction of sp³-hybridized carbons (Fsp3) is 0.364. The molecule has 0 amide bonds. The van der Waals surface area contributed by atoms with Crippen molar-refractivity contribution in [2.45, 2.75) is 26.4 Å². The highest BCUT2D eigenvalue weighted by Gasteiger charge is 2.09. The zero-order chi connectivity index (χ0) is 11.5. The highest BCUT2D eigenvalue weighted by molar-refractivity contribution is 7.09. The van der Waals surface area contributed by atoms with Gasteiger partial charge in [-0.05, 0) is 37.6 Å². The number of hydrogen-bond acceptors (Lipinski definition) is 4. The first-order chi connectivity index (χ1) is 7.65. The molecular formula is C11H13ClN2OS. The monoisotopic (exact) mass is 256 g/mol. The number of nitrogens with zero attached hydrogens (tertiary/aromatic N) is 1. The molecule has 86 valence electrons. The Hall–Kier alpha value is -0.840. The minimum absolute atomic E-state index is 0.225. The summed E-state index contributed by atoms with van der Waals surface area (Å²) in [7, 11) is 0. The molecule has 2 heterocycles. The lowest BCUT2D eigenvalue weighted by Crippen LogP contribution is -2.17. The predicted molar refractivity (Wildman–Crippen MR) is 65.8 cm³/mol. The Balaban J connectivity index is 1.91. The molecule has 5 heteroatoms. The highest BCUT2D eigenvalue weighted by atomic mass is 35.5. The molecule has 2 aromatic rings. The molecule has 2 rings (SSSR count). The molecule has 2 aromatic heterocycles. The highest BCUT2D eigenvalue weighted by Crippen LogP contribution is 2.19. The second-order valence-electron chi connectivity index (χ2n) is 3.64. The van der Waals surface area contributed by atoms with Crippen LogP contribution in [0.5, 0.6) is 0 Å². The molecule has 0 aliphatic heterocycles. The molecule has 1 unspecified atom stereocenters. The van der Waals surface area contributed by atoms with E-state index in [2.05, 4.69) is 22.6 Å². The number of rotatable bonds is 4. The van der Waals surface area contributed by atoms with Crippen LogP contribution in [-0.2, 0) is 6.54 Å². The van der Waals surface area contributed by atoms with E-state index in [1.807, 2.05) is 13.0 Å². The van der Waals surface area contributed by atoms with Crippen LogP contribution in [0, 0.1) is 6.92 Å². The maximum Gasteiger partial charge on any atom is 0.193 e. The van der Waals surface area contributed by atoms with Gasteiger partial charge in [-0.25, -0.2) is 4.98 Å². The van der Waals surface area contributed by atoms with E-state index in [0.29, 0.717) is 11.8 Å². The summed E-state index contributed by atoms with van der Waals surface area (Å²) < 4.78 is 5.26. The van der Waals surface area contributed by atoms with Crippen molar-refractivity contribution >= 4 is 22.9 Å². The van der Waals surface area contributed by atoms with Crippen LogP contribution < -0.4 is 5.32 Å². The number of aryl methyl sites for hydroxylation is 1. The van der Waals surface area contributed by atoms with Gasteiger partial charge in [0.05, 0.1) is 12.6 Å². The Morgan fingerprint density at radius 2 is 2.38 bits per heavy atom. The van der Waals surface area contributed by atoms with Crippen molar-refractivity contribution in [3.63, 3.8) is 0 Å². The average molecular weight is 257 g/mol. The Bertz CT molecular complexity index is 466. The minimum Gasteiger partial charge on any atom is -0.448 e. The molecule has 16 heavy (non-hydrogen) atoms. The number of thiazole rings is 1. The lowest BCUT2D eigenvalue weighted by atomic mass is 10.3. The molecule has 1 atom stereocenters. The zero-order valence-electron chi connectivity index (χ0n) is 9.16. The Morgan fingerprint density at radius 1 is 1.56 bits per heavy atom. The van der Waals surface area contributed by atoms with Crippen LogP contribution in [-0.4, -0.2) is 4.98 Å². The topological polar surface area (TPSA) is 38.1 Å². The van der Waals surface area contributed by atoms with Gasteiger partial charge in [-0.3, -0.25) is 0 Å². The molecular weight excluding hydrogens is 244 g/mol. The zero-order valence-corrected chi connectivity index (χ0v) is 10.7. The fourth-order valence-electron chi connectivity index (χ4n) is 1.36. The maximum atomic E-state index is 5.69. The van der Waals surface area contributed by atoms with E-state index in [9.17, 15) is 0 Å². The Labute approximate surface area is 103 Å². The fourth-order valence-corrected chi connectivity index (χ4v) is 2.35. The van der Waals surface area contributed by atoms with Crippen molar-refractivity contribution in [2.24, 2.45) is 0 Å². The van der Waals surface area contributed by atoms with E-state index in [1.54, 1.807) is 17.4 Å². The SMILES string of the molecule is Cc1csc(C(C)NCc2ccc(Cl)o2)n1. The Kier molecular flexibility index (Phi) is 3.63. The normalized spacial score (nSPS) is 12.9. The molecule has 0 aliphatic carbocycles. The second-order valence-corrected chi connectivity index (χ2v) is 4.90. The van der Waals surface area contributed by atoms with Gasteiger partial charge in [0.25, 0.3) is 0 Å². The van der Waals surface area contributed by atoms with Crippen LogP contribution in [0.25, 0.3) is 0 Å². The molecule has 0 bridgehead atoms. The second kappa shape index (κ2) is 4.99. The van der Waals surface area contributed by atoms with Crippen molar-refractivity contribution in [2.75, 3.05) is 0 Å². The van der Waals surface area contributed by atoms with Gasteiger partial charge in [0.2, 0.25) is 0 Å². The van der Waals surface area contributed by atoms with Gasteiger partial charge >= 0.3 is 0 Å². The van der Waals surface area contributed by atoms with E-state index in [0.717, 1.165) is 16.5 Å². The van der Waals surface area contributed by atoms with Crippen LogP contribution in [0.4, 0.5) is 0 Å². The van der Waals surface area contributed by atoms with Crippen LogP contribution in [0.1, 0.15) is 29.4 Å². The summed E-state index contributed by atoms with van der Waals surface area (Å²) in [6, 6.07) is 3.84. The van der Waals surface area contributed by atoms with Crippen molar-refractivity contribution in [1.82, 2.24) is 10.3 Å². The summed E-state index contributed by atoms with van der Waals surface area (Å²) in [5.74, 6) is 0.838. The Morgan fingerprint density at radius 3 is 2.94 bits per heavy atom. The lowest BCUT2D eigenvalue weighted by Gasteiger charge is -2.09. The summed E-state index contributed by atoms with van der Waals surface area (Å²) in [6.07, 6.45) is 0. The molecule has 0 radical (unpaired) electrons. The molecule has 0 aromatic carbocycles. The number of halogens is 1. The van der Waals surface area contributed by atoms with Crippen LogP contribution in [0.15, 0.2) is 21.9 Å². The average Bonchev–Trinajstić information content (AvgIpc) is 2.84. The van der Waals surface area contributed by atoms with Crippen molar-refractivity contribution < 1.29 is 4.42 Å². The summed E-state index contributed by atoms with van der Waals surface area (Å²) >= 11 is 7.36. The van der Waals surface area contributed by atoms with E-state index >= 15 is 0 Å². The van der Waals surface area contributed by atoms with Crippen LogP contribution in [0.3, 0.4) is 0 Å². The number of nitrogens with one attached hydrogen (secondary N) is 1. The van der Waals surface area contributed by atoms with E-state index in [4.69, 9.17) is 16.0 Å². The standard InChI is InChI=1S/C11H13ClN2OS/c1-7-6-16-11(14-7)8(2)13-5-9-3-4-10(12)15-9/h3-4,6,8,13H,5H2,1-2H3. The van der Waals surface area contributed by atoms with Crippen LogP contribution >= 0.6 is 22.9 Å². The maximum absolute atomic E-state index is 5.69. The third-order valence-corrected chi connectivity index (χ3v) is 3.57. The van der Waals surface area contributed by atoms with E-state index in [1.165, 1.54) is 0 Å². The third kappa shape index (κ3) is 2.84. The number of furan rings is 1. The summed E-state index contributed by atoms with van der Waals surface area (Å²) in [5.41, 5.74) is 1.06. The first kappa shape index (κ1) is 11.6. The summed E-state index contributed by atoms with van der Waals surface area (Å²) in [6.45, 7) is 4.74. The number of aromatic nitrogens is 1. The molecule has 0 fully saturated rings. The van der Waals surface area contributed by atoms with Gasteiger partial charge in [-0.2, -0.15) is 0 Å². The summed E-state index contributed by atoms with van der Waals surface area (Å²) in [5, 5.41) is 6.91. The quantitative estimate of drug-likeness (QED) is 0.909. The van der Waals surface area contributed by atoms with Crippen molar-refractivity contribution in [3.05, 3.63) is 39.2 Å². The van der Waals surface area contributed by atoms with Gasteiger partial charge in [-0.15, -0.1) is 11.3 Å². The van der Waals surface area contributed by atoms with Gasteiger partial charge in [-0.1, -0.05) is 0 Å². The largest absolute Gasteiger partial charge is 0.448 e. The predicted octanol–water partition coefficient (Wildman–Crippen LogP) is 3.55. The molecule has 0 aliphatic rings.